The lowest BCUT2D eigenvalue weighted by Gasteiger charge is -2.32. The highest BCUT2D eigenvalue weighted by molar-refractivity contribution is 4.96. The lowest BCUT2D eigenvalue weighted by atomic mass is 10.1. The van der Waals surface area contributed by atoms with E-state index in [1.807, 2.05) is 0 Å². The second kappa shape index (κ2) is 9.64. The molecule has 0 spiro atoms. The summed E-state index contributed by atoms with van der Waals surface area (Å²) in [6.07, 6.45) is -18.1. The third kappa shape index (κ3) is 7.83. The monoisotopic (exact) mass is 410 g/mol. The Balaban J connectivity index is 0. The fourth-order valence-corrected chi connectivity index (χ4v) is 0.879. The van der Waals surface area contributed by atoms with Gasteiger partial charge in [-0.2, -0.15) is 39.5 Å². The van der Waals surface area contributed by atoms with Crippen molar-refractivity contribution < 1.29 is 66.5 Å². The SMILES string of the molecule is CCOC(F)(F)C(F)(F)C(F)(F)C(F)(F)F.FC(F)COCC(F)F. The highest BCUT2D eigenvalue weighted by atomic mass is 19.4. The van der Waals surface area contributed by atoms with Crippen LogP contribution in [0.2, 0.25) is 0 Å². The first-order chi connectivity index (χ1) is 10.9. The summed E-state index contributed by atoms with van der Waals surface area (Å²) in [6.45, 7) is -2.25. The number of hydrogen-bond donors (Lipinski definition) is 0. The molecular formula is C10H11F13O2. The lowest BCUT2D eigenvalue weighted by Crippen LogP contribution is -2.61. The van der Waals surface area contributed by atoms with Crippen molar-refractivity contribution in [3.8, 4) is 0 Å². The van der Waals surface area contributed by atoms with Crippen molar-refractivity contribution in [2.24, 2.45) is 0 Å². The maximum absolute atomic E-state index is 12.3. The smallest absolute Gasteiger partial charge is 0.370 e. The molecule has 0 aliphatic carbocycles. The van der Waals surface area contributed by atoms with Crippen LogP contribution in [0.4, 0.5) is 57.1 Å². The zero-order valence-electron chi connectivity index (χ0n) is 12.0. The Morgan fingerprint density at radius 1 is 0.680 bits per heavy atom. The molecular weight excluding hydrogens is 399 g/mol. The van der Waals surface area contributed by atoms with Crippen molar-refractivity contribution in [2.45, 2.75) is 43.9 Å². The summed E-state index contributed by atoms with van der Waals surface area (Å²) in [7, 11) is 0. The molecule has 0 amide bonds. The van der Waals surface area contributed by atoms with E-state index in [9.17, 15) is 57.1 Å². The van der Waals surface area contributed by atoms with Gasteiger partial charge in [0.15, 0.2) is 0 Å². The molecule has 0 fully saturated rings. The molecule has 0 atom stereocenters. The van der Waals surface area contributed by atoms with Crippen LogP contribution in [-0.4, -0.2) is 56.8 Å². The van der Waals surface area contributed by atoms with Crippen LogP contribution in [0.3, 0.4) is 0 Å². The van der Waals surface area contributed by atoms with E-state index in [1.54, 1.807) is 0 Å². The van der Waals surface area contributed by atoms with Crippen LogP contribution >= 0.6 is 0 Å². The van der Waals surface area contributed by atoms with E-state index in [0.29, 0.717) is 0 Å². The average Bonchev–Trinajstić information content (AvgIpc) is 2.36. The van der Waals surface area contributed by atoms with Gasteiger partial charge in [-0.1, -0.05) is 0 Å². The quantitative estimate of drug-likeness (QED) is 0.526. The molecule has 0 saturated heterocycles. The van der Waals surface area contributed by atoms with Crippen LogP contribution in [-0.2, 0) is 9.47 Å². The van der Waals surface area contributed by atoms with Gasteiger partial charge in [0, 0.05) is 0 Å². The number of rotatable bonds is 8. The summed E-state index contributed by atoms with van der Waals surface area (Å²) in [6, 6.07) is 0. The number of alkyl halides is 13. The van der Waals surface area contributed by atoms with Gasteiger partial charge in [-0.25, -0.2) is 17.6 Å². The number of halogens is 13. The van der Waals surface area contributed by atoms with Crippen LogP contribution in [0.1, 0.15) is 6.92 Å². The normalized spacial score (nSPS) is 13.9. The van der Waals surface area contributed by atoms with E-state index in [2.05, 4.69) is 9.47 Å². The molecule has 15 heteroatoms. The molecule has 0 saturated carbocycles. The highest BCUT2D eigenvalue weighted by Crippen LogP contribution is 2.53. The summed E-state index contributed by atoms with van der Waals surface area (Å²) in [4.78, 5) is 0. The molecule has 2 nitrogen and oxygen atoms in total. The molecule has 0 rings (SSSR count). The molecule has 25 heavy (non-hydrogen) atoms. The summed E-state index contributed by atoms with van der Waals surface area (Å²) in [5.41, 5.74) is 0. The third-order valence-corrected chi connectivity index (χ3v) is 1.93. The second-order valence-electron chi connectivity index (χ2n) is 3.92. The van der Waals surface area contributed by atoms with Gasteiger partial charge in [-0.15, -0.1) is 0 Å². The number of hydrogen-bond acceptors (Lipinski definition) is 2. The van der Waals surface area contributed by atoms with Crippen molar-refractivity contribution in [1.29, 1.82) is 0 Å². The van der Waals surface area contributed by atoms with Gasteiger partial charge in [0.25, 0.3) is 12.9 Å². The summed E-state index contributed by atoms with van der Waals surface area (Å²) >= 11 is 0. The first-order valence-electron chi connectivity index (χ1n) is 5.92. The highest BCUT2D eigenvalue weighted by Gasteiger charge is 2.82. The minimum absolute atomic E-state index is 0.732. The molecule has 0 aromatic rings. The molecule has 0 N–H and O–H groups in total. The van der Waals surface area contributed by atoms with Crippen molar-refractivity contribution in [3.05, 3.63) is 0 Å². The van der Waals surface area contributed by atoms with E-state index in [4.69, 9.17) is 0 Å². The fourth-order valence-electron chi connectivity index (χ4n) is 0.879. The second-order valence-corrected chi connectivity index (χ2v) is 3.92. The lowest BCUT2D eigenvalue weighted by molar-refractivity contribution is -0.443. The maximum atomic E-state index is 12.3. The van der Waals surface area contributed by atoms with Gasteiger partial charge in [0.05, 0.1) is 6.61 Å². The Morgan fingerprint density at radius 2 is 1.04 bits per heavy atom. The van der Waals surface area contributed by atoms with Crippen LogP contribution in [0, 0.1) is 0 Å². The summed E-state index contributed by atoms with van der Waals surface area (Å²) in [5.74, 6) is -13.6. The van der Waals surface area contributed by atoms with Crippen LogP contribution in [0.5, 0.6) is 0 Å². The van der Waals surface area contributed by atoms with Gasteiger partial charge in [0.1, 0.15) is 13.2 Å². The van der Waals surface area contributed by atoms with E-state index < -0.39 is 56.8 Å². The van der Waals surface area contributed by atoms with Crippen LogP contribution < -0.4 is 0 Å². The largest absolute Gasteiger partial charge is 0.460 e. The van der Waals surface area contributed by atoms with Crippen LogP contribution in [0.15, 0.2) is 0 Å². The van der Waals surface area contributed by atoms with E-state index in [0.717, 1.165) is 6.92 Å². The molecule has 0 bridgehead atoms. The Hall–Kier alpha value is -0.990. The molecule has 0 heterocycles. The van der Waals surface area contributed by atoms with Gasteiger partial charge >= 0.3 is 24.1 Å². The molecule has 0 unspecified atom stereocenters. The summed E-state index contributed by atoms with van der Waals surface area (Å²) < 4.78 is 159. The minimum Gasteiger partial charge on any atom is -0.370 e. The summed E-state index contributed by atoms with van der Waals surface area (Å²) in [5, 5.41) is 0. The van der Waals surface area contributed by atoms with E-state index >= 15 is 0 Å². The Morgan fingerprint density at radius 3 is 1.28 bits per heavy atom. The molecule has 154 valence electrons. The first-order valence-corrected chi connectivity index (χ1v) is 5.92. The minimum atomic E-state index is -6.89. The van der Waals surface area contributed by atoms with Gasteiger partial charge < -0.3 is 9.47 Å². The van der Waals surface area contributed by atoms with Crippen molar-refractivity contribution >= 4 is 0 Å². The molecule has 0 aromatic heterocycles. The van der Waals surface area contributed by atoms with Crippen molar-refractivity contribution in [2.75, 3.05) is 19.8 Å². The van der Waals surface area contributed by atoms with E-state index in [1.165, 1.54) is 0 Å². The van der Waals surface area contributed by atoms with E-state index in [-0.39, 0.29) is 0 Å². The molecule has 0 aromatic carbocycles. The zero-order valence-corrected chi connectivity index (χ0v) is 12.0. The van der Waals surface area contributed by atoms with Gasteiger partial charge in [-0.05, 0) is 6.92 Å². The topological polar surface area (TPSA) is 18.5 Å². The Kier molecular flexibility index (Phi) is 10.1. The van der Waals surface area contributed by atoms with Gasteiger partial charge in [-0.3, -0.25) is 0 Å². The molecule has 0 radical (unpaired) electrons. The maximum Gasteiger partial charge on any atom is 0.460 e. The van der Waals surface area contributed by atoms with Crippen molar-refractivity contribution in [1.82, 2.24) is 0 Å². The predicted molar refractivity (Wildman–Crippen MR) is 55.3 cm³/mol. The van der Waals surface area contributed by atoms with Crippen LogP contribution in [0.25, 0.3) is 0 Å². The molecule has 0 aliphatic heterocycles. The first kappa shape index (κ1) is 26.2. The van der Waals surface area contributed by atoms with Gasteiger partial charge in [0.2, 0.25) is 0 Å². The predicted octanol–water partition coefficient (Wildman–Crippen LogP) is 4.98. The Labute approximate surface area is 131 Å². The zero-order chi connectivity index (χ0) is 20.7. The fraction of sp³-hybridized carbons (Fsp3) is 1.00. The average molecular weight is 410 g/mol. The standard InChI is InChI=1S/C6H5F9O.C4H6F4O/c1-2-16-6(14,15)4(9,10)3(7,8)5(11,12)13;5-3(6)1-9-2-4(7)8/h2H2,1H3;3-4H,1-2H2. The Bertz CT molecular complexity index is 358. The molecule has 0 aliphatic rings. The number of ether oxygens (including phenoxy) is 2. The van der Waals surface area contributed by atoms with Crippen molar-refractivity contribution in [3.63, 3.8) is 0 Å². The third-order valence-electron chi connectivity index (χ3n) is 1.93.